The standard InChI is InChI=1S/C11H25NO2S2/c1-5-11(6-2)12-9-10(3)15-7-8-16(4,13)14/h10-12H,5-9H2,1-4H3. The van der Waals surface area contributed by atoms with Crippen molar-refractivity contribution >= 4 is 21.6 Å². The van der Waals surface area contributed by atoms with Gasteiger partial charge in [-0.3, -0.25) is 0 Å². The highest BCUT2D eigenvalue weighted by Gasteiger charge is 2.08. The van der Waals surface area contributed by atoms with Gasteiger partial charge in [0, 0.05) is 29.8 Å². The molecule has 0 aliphatic heterocycles. The van der Waals surface area contributed by atoms with Gasteiger partial charge in [-0.25, -0.2) is 8.42 Å². The summed E-state index contributed by atoms with van der Waals surface area (Å²) in [5, 5.41) is 3.97. The lowest BCUT2D eigenvalue weighted by atomic mass is 10.2. The third-order valence-corrected chi connectivity index (χ3v) is 4.92. The smallest absolute Gasteiger partial charge is 0.148 e. The first kappa shape index (κ1) is 16.3. The highest BCUT2D eigenvalue weighted by Crippen LogP contribution is 2.10. The van der Waals surface area contributed by atoms with Crippen LogP contribution in [0.3, 0.4) is 0 Å². The molecule has 0 bridgehead atoms. The van der Waals surface area contributed by atoms with Gasteiger partial charge in [0.1, 0.15) is 9.84 Å². The average molecular weight is 267 g/mol. The molecule has 0 saturated carbocycles. The second kappa shape index (κ2) is 8.37. The van der Waals surface area contributed by atoms with Crippen molar-refractivity contribution in [3.63, 3.8) is 0 Å². The largest absolute Gasteiger partial charge is 0.313 e. The van der Waals surface area contributed by atoms with E-state index >= 15 is 0 Å². The van der Waals surface area contributed by atoms with Crippen molar-refractivity contribution in [1.82, 2.24) is 5.32 Å². The van der Waals surface area contributed by atoms with Gasteiger partial charge in [-0.1, -0.05) is 20.8 Å². The topological polar surface area (TPSA) is 46.2 Å². The van der Waals surface area contributed by atoms with E-state index in [1.54, 1.807) is 11.8 Å². The SMILES string of the molecule is CCC(CC)NCC(C)SCCS(C)(=O)=O. The second-order valence-corrected chi connectivity index (χ2v) is 8.04. The molecular formula is C11H25NO2S2. The van der Waals surface area contributed by atoms with Crippen LogP contribution in [-0.4, -0.2) is 44.0 Å². The molecule has 0 heterocycles. The number of thioether (sulfide) groups is 1. The van der Waals surface area contributed by atoms with Crippen molar-refractivity contribution in [2.75, 3.05) is 24.3 Å². The van der Waals surface area contributed by atoms with Crippen LogP contribution in [0.4, 0.5) is 0 Å². The van der Waals surface area contributed by atoms with Gasteiger partial charge in [-0.05, 0) is 12.8 Å². The minimum atomic E-state index is -2.80. The molecule has 16 heavy (non-hydrogen) atoms. The Morgan fingerprint density at radius 3 is 2.25 bits per heavy atom. The Labute approximate surface area is 105 Å². The average Bonchev–Trinajstić information content (AvgIpc) is 2.17. The minimum absolute atomic E-state index is 0.285. The fourth-order valence-corrected chi connectivity index (χ4v) is 3.58. The van der Waals surface area contributed by atoms with E-state index in [1.165, 1.54) is 6.26 Å². The summed E-state index contributed by atoms with van der Waals surface area (Å²) in [5.41, 5.74) is 0. The lowest BCUT2D eigenvalue weighted by Gasteiger charge is -2.18. The van der Waals surface area contributed by atoms with E-state index in [0.29, 0.717) is 17.0 Å². The molecule has 1 N–H and O–H groups in total. The fourth-order valence-electron chi connectivity index (χ4n) is 1.37. The van der Waals surface area contributed by atoms with Crippen LogP contribution in [0.25, 0.3) is 0 Å². The van der Waals surface area contributed by atoms with Crippen LogP contribution in [-0.2, 0) is 9.84 Å². The summed E-state index contributed by atoms with van der Waals surface area (Å²) in [6, 6.07) is 0.595. The van der Waals surface area contributed by atoms with Crippen molar-refractivity contribution in [3.05, 3.63) is 0 Å². The molecule has 0 amide bonds. The van der Waals surface area contributed by atoms with Gasteiger partial charge in [0.05, 0.1) is 5.75 Å². The summed E-state index contributed by atoms with van der Waals surface area (Å²) >= 11 is 1.72. The van der Waals surface area contributed by atoms with Crippen LogP contribution in [0.15, 0.2) is 0 Å². The third kappa shape index (κ3) is 9.48. The zero-order valence-electron chi connectivity index (χ0n) is 10.8. The first-order valence-corrected chi connectivity index (χ1v) is 9.02. The molecule has 0 rings (SSSR count). The molecular weight excluding hydrogens is 242 g/mol. The molecule has 0 aromatic heterocycles. The Bertz CT molecular complexity index is 261. The van der Waals surface area contributed by atoms with E-state index < -0.39 is 9.84 Å². The van der Waals surface area contributed by atoms with Gasteiger partial charge in [-0.2, -0.15) is 11.8 Å². The van der Waals surface area contributed by atoms with Crippen LogP contribution in [0.1, 0.15) is 33.6 Å². The number of hydrogen-bond acceptors (Lipinski definition) is 4. The Kier molecular flexibility index (Phi) is 8.50. The molecule has 0 fully saturated rings. The predicted octanol–water partition coefficient (Wildman–Crippen LogP) is 1.93. The molecule has 0 aliphatic carbocycles. The quantitative estimate of drug-likeness (QED) is 0.693. The maximum absolute atomic E-state index is 10.9. The highest BCUT2D eigenvalue weighted by molar-refractivity contribution is 8.01. The Morgan fingerprint density at radius 1 is 1.25 bits per heavy atom. The van der Waals surface area contributed by atoms with Crippen LogP contribution in [0.2, 0.25) is 0 Å². The van der Waals surface area contributed by atoms with Gasteiger partial charge < -0.3 is 5.32 Å². The van der Waals surface area contributed by atoms with Crippen molar-refractivity contribution in [2.45, 2.75) is 44.9 Å². The number of hydrogen-bond donors (Lipinski definition) is 1. The van der Waals surface area contributed by atoms with Crippen molar-refractivity contribution < 1.29 is 8.42 Å². The van der Waals surface area contributed by atoms with Crippen LogP contribution >= 0.6 is 11.8 Å². The Morgan fingerprint density at radius 2 is 1.81 bits per heavy atom. The number of rotatable bonds is 9. The van der Waals surface area contributed by atoms with E-state index in [2.05, 4.69) is 26.1 Å². The molecule has 0 radical (unpaired) electrons. The van der Waals surface area contributed by atoms with Crippen LogP contribution in [0, 0.1) is 0 Å². The zero-order chi connectivity index (χ0) is 12.6. The summed E-state index contributed by atoms with van der Waals surface area (Å²) in [4.78, 5) is 0. The summed E-state index contributed by atoms with van der Waals surface area (Å²) in [6.45, 7) is 7.47. The maximum Gasteiger partial charge on any atom is 0.148 e. The van der Waals surface area contributed by atoms with Crippen LogP contribution in [0.5, 0.6) is 0 Å². The molecule has 0 aromatic carbocycles. The maximum atomic E-state index is 10.9. The predicted molar refractivity (Wildman–Crippen MR) is 74.0 cm³/mol. The number of nitrogens with one attached hydrogen (secondary N) is 1. The molecule has 0 spiro atoms. The van der Waals surface area contributed by atoms with E-state index in [1.807, 2.05) is 0 Å². The van der Waals surface area contributed by atoms with Gasteiger partial charge in [0.15, 0.2) is 0 Å². The molecule has 1 unspecified atom stereocenters. The molecule has 0 aliphatic rings. The van der Waals surface area contributed by atoms with Gasteiger partial charge in [0.2, 0.25) is 0 Å². The second-order valence-electron chi connectivity index (χ2n) is 4.23. The summed E-state index contributed by atoms with van der Waals surface area (Å²) in [5.74, 6) is 0.984. The van der Waals surface area contributed by atoms with Crippen molar-refractivity contribution in [2.24, 2.45) is 0 Å². The van der Waals surface area contributed by atoms with E-state index in [4.69, 9.17) is 0 Å². The Hall–Kier alpha value is 0.260. The summed E-state index contributed by atoms with van der Waals surface area (Å²) in [6.07, 6.45) is 3.59. The zero-order valence-corrected chi connectivity index (χ0v) is 12.5. The first-order chi connectivity index (χ1) is 7.39. The first-order valence-electron chi connectivity index (χ1n) is 5.91. The summed E-state index contributed by atoms with van der Waals surface area (Å²) < 4.78 is 21.9. The van der Waals surface area contributed by atoms with Crippen LogP contribution < -0.4 is 5.32 Å². The lowest BCUT2D eigenvalue weighted by molar-refractivity contribution is 0.488. The molecule has 3 nitrogen and oxygen atoms in total. The Balaban J connectivity index is 3.62. The van der Waals surface area contributed by atoms with Crippen molar-refractivity contribution in [1.29, 1.82) is 0 Å². The minimum Gasteiger partial charge on any atom is -0.313 e. The molecule has 98 valence electrons. The van der Waals surface area contributed by atoms with E-state index in [0.717, 1.165) is 19.4 Å². The van der Waals surface area contributed by atoms with Gasteiger partial charge in [0.25, 0.3) is 0 Å². The molecule has 0 saturated heterocycles. The molecule has 5 heteroatoms. The molecule has 0 aromatic rings. The van der Waals surface area contributed by atoms with Gasteiger partial charge >= 0.3 is 0 Å². The number of sulfone groups is 1. The normalized spacial score (nSPS) is 14.3. The lowest BCUT2D eigenvalue weighted by Crippen LogP contribution is -2.32. The monoisotopic (exact) mass is 267 g/mol. The van der Waals surface area contributed by atoms with E-state index in [-0.39, 0.29) is 5.75 Å². The van der Waals surface area contributed by atoms with Crippen molar-refractivity contribution in [3.8, 4) is 0 Å². The highest BCUT2D eigenvalue weighted by atomic mass is 32.2. The van der Waals surface area contributed by atoms with Gasteiger partial charge in [-0.15, -0.1) is 0 Å². The molecule has 1 atom stereocenters. The van der Waals surface area contributed by atoms with E-state index in [9.17, 15) is 8.42 Å². The fraction of sp³-hybridized carbons (Fsp3) is 1.00. The third-order valence-electron chi connectivity index (χ3n) is 2.54. The summed E-state index contributed by atoms with van der Waals surface area (Å²) in [7, 11) is -2.80.